The molecule has 0 spiro atoms. The Morgan fingerprint density at radius 2 is 1.91 bits per heavy atom. The number of ether oxygens (including phenoxy) is 2. The highest BCUT2D eigenvalue weighted by Gasteiger charge is 2.49. The third-order valence-electron chi connectivity index (χ3n) is 5.45. The maximum Gasteiger partial charge on any atom is 0.411 e. The van der Waals surface area contributed by atoms with E-state index in [1.165, 1.54) is 11.8 Å². The van der Waals surface area contributed by atoms with Gasteiger partial charge in [-0.3, -0.25) is 9.69 Å². The fraction of sp³-hybridized carbons (Fsp3) is 0.440. The van der Waals surface area contributed by atoms with Crippen LogP contribution in [0.1, 0.15) is 64.8 Å². The normalized spacial score (nSPS) is 19.6. The Morgan fingerprint density at radius 1 is 1.21 bits per heavy atom. The quantitative estimate of drug-likeness (QED) is 0.651. The summed E-state index contributed by atoms with van der Waals surface area (Å²) < 4.78 is 10.7. The summed E-state index contributed by atoms with van der Waals surface area (Å²) in [5.74, 6) is -1.48. The van der Waals surface area contributed by atoms with Gasteiger partial charge in [-0.1, -0.05) is 24.3 Å². The second-order valence-corrected chi connectivity index (χ2v) is 9.24. The second-order valence-electron chi connectivity index (χ2n) is 9.24. The predicted octanol–water partition coefficient (Wildman–Crippen LogP) is 4.73. The molecule has 1 aromatic heterocycles. The minimum Gasteiger partial charge on any atom is -0.479 e. The van der Waals surface area contributed by atoms with Crippen LogP contribution >= 0.6 is 0 Å². The summed E-state index contributed by atoms with van der Waals surface area (Å²) in [6.45, 7) is 8.65. The molecule has 3 rings (SSSR count). The first-order chi connectivity index (χ1) is 15.4. The first-order valence-corrected chi connectivity index (χ1v) is 10.9. The zero-order chi connectivity index (χ0) is 24.4. The largest absolute Gasteiger partial charge is 0.479 e. The molecule has 8 heteroatoms. The van der Waals surface area contributed by atoms with Crippen LogP contribution in [0.25, 0.3) is 17.0 Å². The number of pyridine rings is 1. The number of benzene rings is 1. The van der Waals surface area contributed by atoms with E-state index in [1.54, 1.807) is 39.8 Å². The number of aliphatic carboxylic acids is 1. The van der Waals surface area contributed by atoms with E-state index in [0.717, 1.165) is 10.9 Å². The molecule has 0 radical (unpaired) electrons. The molecule has 2 heterocycles. The van der Waals surface area contributed by atoms with Gasteiger partial charge in [-0.15, -0.1) is 0 Å². The molecule has 1 aliphatic heterocycles. The standard InChI is InChI=1S/C25H30N2O6/c1-16(32-17(2)28)20-10-9-19-8-7-18(15-21(19)26-20)11-13-25(22(29)30)12-6-14-27(25)23(31)33-24(3,4)5/h7-11,13,15-16H,6,12,14H2,1-5H3,(H,29,30)/b13-11+/t16-,25+/m1/s1. The predicted molar refractivity (Wildman–Crippen MR) is 123 cm³/mol. The summed E-state index contributed by atoms with van der Waals surface area (Å²) in [6.07, 6.45) is 2.98. The molecule has 176 valence electrons. The number of rotatable bonds is 5. The molecule has 1 fully saturated rings. The lowest BCUT2D eigenvalue weighted by Crippen LogP contribution is -2.53. The highest BCUT2D eigenvalue weighted by molar-refractivity contribution is 5.89. The number of fused-ring (bicyclic) bond motifs is 1. The summed E-state index contributed by atoms with van der Waals surface area (Å²) in [5.41, 5.74) is -0.153. The summed E-state index contributed by atoms with van der Waals surface area (Å²) >= 11 is 0. The lowest BCUT2D eigenvalue weighted by Gasteiger charge is -2.33. The van der Waals surface area contributed by atoms with Gasteiger partial charge in [-0.05, 0) is 64.3 Å². The molecule has 1 aliphatic rings. The molecule has 0 aliphatic carbocycles. The van der Waals surface area contributed by atoms with E-state index in [1.807, 2.05) is 30.3 Å². The van der Waals surface area contributed by atoms with Gasteiger partial charge in [-0.25, -0.2) is 14.6 Å². The van der Waals surface area contributed by atoms with Gasteiger partial charge < -0.3 is 14.6 Å². The minimum absolute atomic E-state index is 0.300. The highest BCUT2D eigenvalue weighted by Crippen LogP contribution is 2.33. The molecule has 0 bridgehead atoms. The number of aromatic nitrogens is 1. The molecule has 0 saturated carbocycles. The van der Waals surface area contributed by atoms with Gasteiger partial charge in [0, 0.05) is 18.9 Å². The van der Waals surface area contributed by atoms with Crippen LogP contribution in [-0.4, -0.2) is 50.7 Å². The first-order valence-electron chi connectivity index (χ1n) is 10.9. The van der Waals surface area contributed by atoms with Crippen LogP contribution in [0.4, 0.5) is 4.79 Å². The topological polar surface area (TPSA) is 106 Å². The van der Waals surface area contributed by atoms with Crippen molar-refractivity contribution in [2.24, 2.45) is 0 Å². The molecule has 2 atom stereocenters. The summed E-state index contributed by atoms with van der Waals surface area (Å²) in [4.78, 5) is 42.1. The molecule has 1 amide bonds. The van der Waals surface area contributed by atoms with Crippen LogP contribution in [0.15, 0.2) is 36.4 Å². The van der Waals surface area contributed by atoms with E-state index in [-0.39, 0.29) is 5.97 Å². The molecule has 1 N–H and O–H groups in total. The third kappa shape index (κ3) is 5.50. The monoisotopic (exact) mass is 454 g/mol. The fourth-order valence-electron chi connectivity index (χ4n) is 3.90. The Kier molecular flexibility index (Phi) is 6.76. The maximum atomic E-state index is 12.7. The molecular formula is C25H30N2O6. The Hall–Kier alpha value is -3.42. The molecule has 1 saturated heterocycles. The second kappa shape index (κ2) is 9.21. The molecule has 1 aromatic carbocycles. The number of carboxylic acids is 1. The van der Waals surface area contributed by atoms with Crippen LogP contribution < -0.4 is 0 Å². The van der Waals surface area contributed by atoms with Crippen LogP contribution in [0.2, 0.25) is 0 Å². The Labute approximate surface area is 193 Å². The van der Waals surface area contributed by atoms with Gasteiger partial charge in [0.05, 0.1) is 11.2 Å². The average Bonchev–Trinajstić information content (AvgIpc) is 3.15. The van der Waals surface area contributed by atoms with Gasteiger partial charge in [0.2, 0.25) is 0 Å². The zero-order valence-electron chi connectivity index (χ0n) is 19.6. The van der Waals surface area contributed by atoms with Crippen LogP contribution in [0, 0.1) is 0 Å². The van der Waals surface area contributed by atoms with Crippen molar-refractivity contribution in [1.82, 2.24) is 9.88 Å². The number of amides is 1. The van der Waals surface area contributed by atoms with Crippen molar-refractivity contribution in [3.05, 3.63) is 47.7 Å². The van der Waals surface area contributed by atoms with Gasteiger partial charge in [0.15, 0.2) is 5.54 Å². The van der Waals surface area contributed by atoms with E-state index in [2.05, 4.69) is 4.98 Å². The van der Waals surface area contributed by atoms with Crippen molar-refractivity contribution in [2.75, 3.05) is 6.54 Å². The first kappa shape index (κ1) is 24.2. The molecule has 33 heavy (non-hydrogen) atoms. The number of likely N-dealkylation sites (tertiary alicyclic amines) is 1. The van der Waals surface area contributed by atoms with Gasteiger partial charge >= 0.3 is 18.0 Å². The maximum absolute atomic E-state index is 12.7. The van der Waals surface area contributed by atoms with Crippen LogP contribution in [-0.2, 0) is 19.1 Å². The number of hydrogen-bond donors (Lipinski definition) is 1. The third-order valence-corrected chi connectivity index (χ3v) is 5.45. The van der Waals surface area contributed by atoms with E-state index < -0.39 is 29.3 Å². The summed E-state index contributed by atoms with van der Waals surface area (Å²) in [7, 11) is 0. The molecule has 2 aromatic rings. The Balaban J connectivity index is 1.92. The van der Waals surface area contributed by atoms with E-state index in [4.69, 9.17) is 9.47 Å². The highest BCUT2D eigenvalue weighted by atomic mass is 16.6. The van der Waals surface area contributed by atoms with Crippen molar-refractivity contribution in [3.63, 3.8) is 0 Å². The van der Waals surface area contributed by atoms with Gasteiger partial charge in [0.1, 0.15) is 11.7 Å². The van der Waals surface area contributed by atoms with Gasteiger partial charge in [-0.2, -0.15) is 0 Å². The molecular weight excluding hydrogens is 424 g/mol. The lowest BCUT2D eigenvalue weighted by atomic mass is 9.94. The number of carboxylic acid groups (broad SMARTS) is 1. The van der Waals surface area contributed by atoms with Crippen molar-refractivity contribution in [1.29, 1.82) is 0 Å². The molecule has 8 nitrogen and oxygen atoms in total. The van der Waals surface area contributed by atoms with Crippen molar-refractivity contribution in [2.45, 2.75) is 64.7 Å². The van der Waals surface area contributed by atoms with Crippen molar-refractivity contribution in [3.8, 4) is 0 Å². The van der Waals surface area contributed by atoms with E-state index in [9.17, 15) is 19.5 Å². The van der Waals surface area contributed by atoms with Crippen molar-refractivity contribution >= 4 is 35.0 Å². The fourth-order valence-corrected chi connectivity index (χ4v) is 3.90. The summed E-state index contributed by atoms with van der Waals surface area (Å²) in [6, 6.07) is 9.28. The Bertz CT molecular complexity index is 1100. The summed E-state index contributed by atoms with van der Waals surface area (Å²) in [5, 5.41) is 10.9. The van der Waals surface area contributed by atoms with E-state index in [0.29, 0.717) is 30.6 Å². The average molecular weight is 455 g/mol. The van der Waals surface area contributed by atoms with E-state index >= 15 is 0 Å². The number of esters is 1. The minimum atomic E-state index is -1.48. The zero-order valence-corrected chi connectivity index (χ0v) is 19.6. The van der Waals surface area contributed by atoms with Crippen LogP contribution in [0.5, 0.6) is 0 Å². The Morgan fingerprint density at radius 3 is 2.55 bits per heavy atom. The van der Waals surface area contributed by atoms with Crippen molar-refractivity contribution < 1.29 is 29.0 Å². The number of carbonyl (C=O) groups excluding carboxylic acids is 2. The smallest absolute Gasteiger partial charge is 0.411 e. The lowest BCUT2D eigenvalue weighted by molar-refractivity contribution is -0.147. The van der Waals surface area contributed by atoms with Gasteiger partial charge in [0.25, 0.3) is 0 Å². The number of nitrogens with zero attached hydrogens (tertiary/aromatic N) is 2. The number of hydrogen-bond acceptors (Lipinski definition) is 6. The van der Waals surface area contributed by atoms with Crippen LogP contribution in [0.3, 0.4) is 0 Å². The SMILES string of the molecule is CC(=O)O[C@H](C)c1ccc2ccc(/C=C/[C@]3(C(=O)O)CCCN3C(=O)OC(C)(C)C)cc2n1. The molecule has 0 unspecified atom stereocenters. The number of carbonyl (C=O) groups is 3.